The topological polar surface area (TPSA) is 71.5 Å². The van der Waals surface area contributed by atoms with Gasteiger partial charge in [-0.15, -0.1) is 6.58 Å². The number of nitrogens with zero attached hydrogens (tertiary/aromatic N) is 2. The highest BCUT2D eigenvalue weighted by Crippen LogP contribution is 2.31. The van der Waals surface area contributed by atoms with Gasteiger partial charge in [0, 0.05) is 10.9 Å². The lowest BCUT2D eigenvalue weighted by atomic mass is 9.94. The quantitative estimate of drug-likeness (QED) is 0.328. The Labute approximate surface area is 192 Å². The third kappa shape index (κ3) is 4.45. The minimum absolute atomic E-state index is 0.425. The van der Waals surface area contributed by atoms with Crippen molar-refractivity contribution < 1.29 is 14.3 Å². The number of ether oxygens (including phenoxy) is 1. The first-order chi connectivity index (χ1) is 16.1. The van der Waals surface area contributed by atoms with Gasteiger partial charge in [0.15, 0.2) is 0 Å². The lowest BCUT2D eigenvalue weighted by molar-refractivity contribution is 0.0942. The first kappa shape index (κ1) is 21.8. The minimum Gasteiger partial charge on any atom is -0.451 e. The molecule has 0 aliphatic carbocycles. The summed E-state index contributed by atoms with van der Waals surface area (Å²) in [6.07, 6.45) is 1.46. The van der Waals surface area contributed by atoms with Crippen molar-refractivity contribution in [3.8, 4) is 11.3 Å². The summed E-state index contributed by atoms with van der Waals surface area (Å²) in [6.45, 7) is 3.88. The predicted octanol–water partition coefficient (Wildman–Crippen LogP) is 5.55. The van der Waals surface area contributed by atoms with Gasteiger partial charge < -0.3 is 4.74 Å². The monoisotopic (exact) mass is 437 g/mol. The Morgan fingerprint density at radius 3 is 2.27 bits per heavy atom. The van der Waals surface area contributed by atoms with Gasteiger partial charge in [-0.3, -0.25) is 10.2 Å². The molecule has 164 valence electrons. The van der Waals surface area contributed by atoms with Crippen LogP contribution in [0.4, 0.5) is 10.5 Å². The van der Waals surface area contributed by atoms with Crippen LogP contribution in [0.1, 0.15) is 15.9 Å². The predicted molar refractivity (Wildman–Crippen MR) is 130 cm³/mol. The molecule has 1 N–H and O–H groups in total. The summed E-state index contributed by atoms with van der Waals surface area (Å²) >= 11 is 0. The smallest absolute Gasteiger partial charge is 0.433 e. The van der Waals surface area contributed by atoms with Crippen LogP contribution in [0.3, 0.4) is 0 Å². The molecule has 0 saturated heterocycles. The van der Waals surface area contributed by atoms with Crippen LogP contribution in [0.2, 0.25) is 0 Å². The number of hydrogen-bond acceptors (Lipinski definition) is 4. The van der Waals surface area contributed by atoms with Crippen LogP contribution in [0, 0.1) is 0 Å². The molecule has 6 nitrogen and oxygen atoms in total. The first-order valence-electron chi connectivity index (χ1n) is 10.5. The second-order valence-electron chi connectivity index (χ2n) is 7.27. The number of aromatic nitrogens is 1. The van der Waals surface area contributed by atoms with E-state index < -0.39 is 12.0 Å². The Morgan fingerprint density at radius 1 is 0.970 bits per heavy atom. The van der Waals surface area contributed by atoms with Gasteiger partial charge in [0.05, 0.1) is 29.6 Å². The third-order valence-corrected chi connectivity index (χ3v) is 5.20. The largest absolute Gasteiger partial charge is 0.451 e. The molecule has 0 saturated carbocycles. The summed E-state index contributed by atoms with van der Waals surface area (Å²) in [6, 6.07) is 25.9. The lowest BCUT2D eigenvalue weighted by Crippen LogP contribution is -2.46. The van der Waals surface area contributed by atoms with Crippen LogP contribution in [-0.4, -0.2) is 24.1 Å². The van der Waals surface area contributed by atoms with Gasteiger partial charge in [0.25, 0.3) is 5.91 Å². The number of rotatable bonds is 5. The van der Waals surface area contributed by atoms with E-state index in [0.717, 1.165) is 16.1 Å². The molecule has 4 aromatic rings. The Kier molecular flexibility index (Phi) is 6.45. The van der Waals surface area contributed by atoms with Crippen molar-refractivity contribution in [3.63, 3.8) is 0 Å². The molecular formula is C27H23N3O3. The van der Waals surface area contributed by atoms with Gasteiger partial charge in [0.1, 0.15) is 0 Å². The van der Waals surface area contributed by atoms with Crippen molar-refractivity contribution in [2.75, 3.05) is 12.1 Å². The Hall–Kier alpha value is -4.45. The van der Waals surface area contributed by atoms with Gasteiger partial charge in [-0.05, 0) is 30.2 Å². The van der Waals surface area contributed by atoms with E-state index >= 15 is 0 Å². The van der Waals surface area contributed by atoms with Crippen LogP contribution < -0.4 is 10.4 Å². The second-order valence-corrected chi connectivity index (χ2v) is 7.27. The number of carbonyl (C=O) groups excluding carboxylic acids is 2. The highest BCUT2D eigenvalue weighted by atomic mass is 16.5. The van der Waals surface area contributed by atoms with Crippen LogP contribution in [0.15, 0.2) is 97.6 Å². The number of hydrogen-bond donors (Lipinski definition) is 1. The molecule has 1 heterocycles. The van der Waals surface area contributed by atoms with E-state index in [1.807, 2.05) is 60.7 Å². The molecule has 4 rings (SSSR count). The fourth-order valence-corrected chi connectivity index (χ4v) is 3.73. The maximum Gasteiger partial charge on any atom is 0.433 e. The molecule has 0 bridgehead atoms. The van der Waals surface area contributed by atoms with E-state index in [1.165, 1.54) is 7.11 Å². The van der Waals surface area contributed by atoms with E-state index in [0.29, 0.717) is 34.3 Å². The summed E-state index contributed by atoms with van der Waals surface area (Å²) in [5.74, 6) is -0.447. The summed E-state index contributed by atoms with van der Waals surface area (Å²) in [7, 11) is 1.27. The summed E-state index contributed by atoms with van der Waals surface area (Å²) < 4.78 is 4.91. The third-order valence-electron chi connectivity index (χ3n) is 5.20. The molecule has 0 spiro atoms. The SMILES string of the molecule is C=CCc1c(-c2ccccc2)nc2ccccc2c1C(=O)NN(C(=O)OC)c1ccccc1. The number of allylic oxidation sites excluding steroid dienone is 1. The average molecular weight is 437 g/mol. The molecule has 0 aliphatic heterocycles. The van der Waals surface area contributed by atoms with Crippen LogP contribution >= 0.6 is 0 Å². The maximum atomic E-state index is 13.7. The zero-order valence-electron chi connectivity index (χ0n) is 18.2. The number of nitrogens with one attached hydrogen (secondary N) is 1. The van der Waals surface area contributed by atoms with Crippen LogP contribution in [-0.2, 0) is 11.2 Å². The van der Waals surface area contributed by atoms with Gasteiger partial charge in [0.2, 0.25) is 0 Å². The van der Waals surface area contributed by atoms with Gasteiger partial charge >= 0.3 is 6.09 Å². The molecule has 0 fully saturated rings. The first-order valence-corrected chi connectivity index (χ1v) is 10.5. The molecular weight excluding hydrogens is 414 g/mol. The number of fused-ring (bicyclic) bond motifs is 1. The zero-order chi connectivity index (χ0) is 23.2. The molecule has 0 aliphatic rings. The molecule has 2 amide bonds. The summed E-state index contributed by atoms with van der Waals surface area (Å²) in [5.41, 5.74) is 6.63. The van der Waals surface area contributed by atoms with Crippen molar-refractivity contribution in [1.29, 1.82) is 0 Å². The van der Waals surface area contributed by atoms with E-state index in [-0.39, 0.29) is 0 Å². The van der Waals surface area contributed by atoms with Crippen molar-refractivity contribution in [1.82, 2.24) is 10.4 Å². The van der Waals surface area contributed by atoms with Gasteiger partial charge in [-0.25, -0.2) is 9.78 Å². The van der Waals surface area contributed by atoms with Crippen molar-refractivity contribution in [2.45, 2.75) is 6.42 Å². The second kappa shape index (κ2) is 9.78. The number of anilines is 1. The molecule has 0 radical (unpaired) electrons. The molecule has 3 aromatic carbocycles. The fourth-order valence-electron chi connectivity index (χ4n) is 3.73. The fraction of sp³-hybridized carbons (Fsp3) is 0.0741. The number of carbonyl (C=O) groups is 2. The average Bonchev–Trinajstić information content (AvgIpc) is 2.87. The van der Waals surface area contributed by atoms with E-state index in [9.17, 15) is 9.59 Å². The number of hydrazine groups is 1. The van der Waals surface area contributed by atoms with E-state index in [4.69, 9.17) is 9.72 Å². The number of para-hydroxylation sites is 2. The van der Waals surface area contributed by atoms with Crippen LogP contribution in [0.25, 0.3) is 22.2 Å². The number of benzene rings is 3. The Bertz CT molecular complexity index is 1300. The Balaban J connectivity index is 1.89. The van der Waals surface area contributed by atoms with E-state index in [2.05, 4.69) is 12.0 Å². The zero-order valence-corrected chi connectivity index (χ0v) is 18.2. The molecule has 0 unspecified atom stereocenters. The van der Waals surface area contributed by atoms with Gasteiger partial charge in [-0.1, -0.05) is 72.8 Å². The normalized spacial score (nSPS) is 10.5. The van der Waals surface area contributed by atoms with Crippen LogP contribution in [0.5, 0.6) is 0 Å². The van der Waals surface area contributed by atoms with E-state index in [1.54, 1.807) is 30.3 Å². The van der Waals surface area contributed by atoms with Crippen molar-refractivity contribution in [2.24, 2.45) is 0 Å². The highest BCUT2D eigenvalue weighted by Gasteiger charge is 2.25. The summed E-state index contributed by atoms with van der Waals surface area (Å²) in [4.78, 5) is 31.1. The standard InChI is InChI=1S/C27H23N3O3/c1-3-12-22-24(26(31)29-30(27(32)33-2)20-15-8-5-9-16-20)21-17-10-11-18-23(21)28-25(22)19-13-6-4-7-14-19/h3-11,13-18H,1,12H2,2H3,(H,29,31). The number of amides is 2. The minimum atomic E-state index is -0.707. The maximum absolute atomic E-state index is 13.7. The summed E-state index contributed by atoms with van der Waals surface area (Å²) in [5, 5.41) is 1.78. The number of pyridine rings is 1. The van der Waals surface area contributed by atoms with Crippen molar-refractivity contribution in [3.05, 3.63) is 109 Å². The Morgan fingerprint density at radius 2 is 1.61 bits per heavy atom. The highest BCUT2D eigenvalue weighted by molar-refractivity contribution is 6.10. The van der Waals surface area contributed by atoms with Crippen molar-refractivity contribution >= 4 is 28.6 Å². The molecule has 6 heteroatoms. The molecule has 1 aromatic heterocycles. The molecule has 0 atom stereocenters. The number of methoxy groups -OCH3 is 1. The lowest BCUT2D eigenvalue weighted by Gasteiger charge is -2.23. The van der Waals surface area contributed by atoms with Gasteiger partial charge in [-0.2, -0.15) is 5.01 Å². The molecule has 33 heavy (non-hydrogen) atoms.